The summed E-state index contributed by atoms with van der Waals surface area (Å²) in [4.78, 5) is 36.9. The number of Topliss-reactive ketones (excluding diaryl/α,β-unsaturated/α-hetero) is 1. The molecule has 1 heterocycles. The van der Waals surface area contributed by atoms with Gasteiger partial charge in [0.2, 0.25) is 0 Å². The summed E-state index contributed by atoms with van der Waals surface area (Å²) < 4.78 is 0. The molecule has 0 radical (unpaired) electrons. The molecule has 1 rings (SSSR count). The van der Waals surface area contributed by atoms with Crippen LogP contribution in [0.3, 0.4) is 0 Å². The maximum atomic E-state index is 10.8. The second-order valence-electron chi connectivity index (χ2n) is 3.67. The Balaban J connectivity index is 0.000000487. The molecule has 0 aliphatic carbocycles. The van der Waals surface area contributed by atoms with Gasteiger partial charge in [0.25, 0.3) is 5.56 Å². The topological polar surface area (TPSA) is 110 Å². The van der Waals surface area contributed by atoms with Crippen molar-refractivity contribution in [3.63, 3.8) is 0 Å². The zero-order chi connectivity index (χ0) is 12.9. The van der Waals surface area contributed by atoms with Crippen LogP contribution in [0.1, 0.15) is 17.3 Å². The largest absolute Gasteiger partial charge is 0.859 e. The molecule has 7 heteroatoms. The molecule has 1 aromatic rings. The van der Waals surface area contributed by atoms with E-state index in [0.717, 1.165) is 6.92 Å². The van der Waals surface area contributed by atoms with Crippen LogP contribution in [-0.4, -0.2) is 36.9 Å². The molecule has 0 unspecified atom stereocenters. The number of hydrogen-bond acceptors (Lipinski definition) is 4. The zero-order valence-electron chi connectivity index (χ0n) is 9.63. The molecule has 3 N–H and O–H groups in total. The standard InChI is InChI=1S/C6H6N2O4.C3H9N/c1-2(9)3-4(10)7-6(12)8-5(3)11;1-4(2)3/h1H3,(H3,7,8,10,11,12);1-3H3. The normalized spacial score (nSPS) is 9.56. The van der Waals surface area contributed by atoms with Crippen LogP contribution in [0.15, 0.2) is 9.59 Å². The van der Waals surface area contributed by atoms with Crippen molar-refractivity contribution in [1.29, 1.82) is 0 Å². The number of aromatic nitrogens is 2. The second-order valence-corrected chi connectivity index (χ2v) is 3.67. The van der Waals surface area contributed by atoms with Crippen LogP contribution in [0.2, 0.25) is 0 Å². The van der Waals surface area contributed by atoms with E-state index in [1.54, 1.807) is 9.97 Å². The number of carbonyl (C=O) groups is 1. The SMILES string of the molecule is CC(=O)c1c([O-])[nH]c(=O)[nH]c1=O.C[NH+](C)C. The van der Waals surface area contributed by atoms with Crippen LogP contribution in [0, 0.1) is 0 Å². The molecular formula is C9H15N3O4. The van der Waals surface area contributed by atoms with E-state index in [2.05, 4.69) is 21.1 Å². The van der Waals surface area contributed by atoms with Crippen LogP contribution >= 0.6 is 0 Å². The Labute approximate surface area is 91.7 Å². The monoisotopic (exact) mass is 229 g/mol. The maximum Gasteiger partial charge on any atom is 0.325 e. The lowest BCUT2D eigenvalue weighted by molar-refractivity contribution is -0.836. The van der Waals surface area contributed by atoms with E-state index in [0.29, 0.717) is 0 Å². The number of carbonyl (C=O) groups excluding carboxylic acids is 1. The molecule has 0 aliphatic rings. The van der Waals surface area contributed by atoms with Gasteiger partial charge in [0.1, 0.15) is 0 Å². The number of nitrogens with one attached hydrogen (secondary N) is 3. The van der Waals surface area contributed by atoms with Crippen molar-refractivity contribution in [1.82, 2.24) is 9.97 Å². The minimum Gasteiger partial charge on any atom is -0.859 e. The van der Waals surface area contributed by atoms with Crippen LogP contribution < -0.4 is 21.3 Å². The predicted octanol–water partition coefficient (Wildman–Crippen LogP) is -2.90. The Morgan fingerprint density at radius 2 is 1.62 bits per heavy atom. The first-order chi connectivity index (χ1) is 7.25. The number of rotatable bonds is 1. The quantitative estimate of drug-likeness (QED) is 0.449. The van der Waals surface area contributed by atoms with Gasteiger partial charge in [-0.15, -0.1) is 0 Å². The van der Waals surface area contributed by atoms with Crippen molar-refractivity contribution >= 4 is 5.78 Å². The lowest BCUT2D eigenvalue weighted by Gasteiger charge is -2.06. The van der Waals surface area contributed by atoms with Crippen LogP contribution in [0.5, 0.6) is 5.88 Å². The smallest absolute Gasteiger partial charge is 0.325 e. The molecule has 0 spiro atoms. The lowest BCUT2D eigenvalue weighted by atomic mass is 10.2. The first-order valence-corrected chi connectivity index (χ1v) is 4.57. The Kier molecular flexibility index (Phi) is 5.17. The first kappa shape index (κ1) is 14.1. The third-order valence-electron chi connectivity index (χ3n) is 1.26. The summed E-state index contributed by atoms with van der Waals surface area (Å²) in [7, 11) is 6.25. The first-order valence-electron chi connectivity index (χ1n) is 4.57. The fourth-order valence-corrected chi connectivity index (χ4v) is 0.785. The molecule has 7 nitrogen and oxygen atoms in total. The fourth-order valence-electron chi connectivity index (χ4n) is 0.785. The molecule has 0 saturated carbocycles. The number of hydrogen-bond donors (Lipinski definition) is 3. The summed E-state index contributed by atoms with van der Waals surface area (Å²) in [6.07, 6.45) is 0. The summed E-state index contributed by atoms with van der Waals surface area (Å²) in [5.74, 6) is -1.62. The molecule has 0 aliphatic heterocycles. The highest BCUT2D eigenvalue weighted by Gasteiger charge is 2.06. The molecule has 0 bridgehead atoms. The number of H-pyrrole nitrogens is 2. The van der Waals surface area contributed by atoms with Crippen molar-refractivity contribution in [2.24, 2.45) is 0 Å². The molecule has 90 valence electrons. The predicted molar refractivity (Wildman–Crippen MR) is 55.9 cm³/mol. The van der Waals surface area contributed by atoms with Crippen molar-refractivity contribution < 1.29 is 14.8 Å². The molecule has 0 fully saturated rings. The maximum absolute atomic E-state index is 10.8. The molecule has 0 amide bonds. The minimum absolute atomic E-state index is 0.547. The van der Waals surface area contributed by atoms with E-state index in [-0.39, 0.29) is 0 Å². The number of ketones is 1. The van der Waals surface area contributed by atoms with E-state index < -0.39 is 28.5 Å². The summed E-state index contributed by atoms with van der Waals surface area (Å²) >= 11 is 0. The van der Waals surface area contributed by atoms with Crippen molar-refractivity contribution in [3.8, 4) is 5.88 Å². The number of aromatic amines is 2. The lowest BCUT2D eigenvalue weighted by Crippen LogP contribution is -3.02. The Bertz CT molecular complexity index is 470. The average Bonchev–Trinajstić information content (AvgIpc) is 1.98. The van der Waals surface area contributed by atoms with Crippen LogP contribution in [0.4, 0.5) is 0 Å². The van der Waals surface area contributed by atoms with Gasteiger partial charge in [0.05, 0.1) is 26.7 Å². The summed E-state index contributed by atoms with van der Waals surface area (Å²) in [6, 6.07) is 0. The van der Waals surface area contributed by atoms with Crippen LogP contribution in [-0.2, 0) is 0 Å². The van der Waals surface area contributed by atoms with Crippen molar-refractivity contribution in [2.45, 2.75) is 6.92 Å². The van der Waals surface area contributed by atoms with Gasteiger partial charge >= 0.3 is 5.69 Å². The zero-order valence-corrected chi connectivity index (χ0v) is 9.63. The van der Waals surface area contributed by atoms with Gasteiger partial charge in [-0.1, -0.05) is 0 Å². The van der Waals surface area contributed by atoms with E-state index in [1.807, 2.05) is 0 Å². The number of quaternary nitrogens is 1. The molecule has 1 aromatic heterocycles. The fraction of sp³-hybridized carbons (Fsp3) is 0.444. The third-order valence-corrected chi connectivity index (χ3v) is 1.26. The van der Waals surface area contributed by atoms with Crippen molar-refractivity contribution in [3.05, 3.63) is 26.4 Å². The van der Waals surface area contributed by atoms with E-state index in [4.69, 9.17) is 0 Å². The van der Waals surface area contributed by atoms with Gasteiger partial charge in [-0.05, 0) is 12.8 Å². The summed E-state index contributed by atoms with van der Waals surface area (Å²) in [6.45, 7) is 1.07. The van der Waals surface area contributed by atoms with E-state index in [9.17, 15) is 19.5 Å². The summed E-state index contributed by atoms with van der Waals surface area (Å²) in [5.41, 5.74) is -2.40. The summed E-state index contributed by atoms with van der Waals surface area (Å²) in [5, 5.41) is 10.8. The van der Waals surface area contributed by atoms with Gasteiger partial charge in [-0.3, -0.25) is 14.6 Å². The van der Waals surface area contributed by atoms with E-state index >= 15 is 0 Å². The van der Waals surface area contributed by atoms with Crippen LogP contribution in [0.25, 0.3) is 0 Å². The van der Waals surface area contributed by atoms with Gasteiger partial charge in [-0.2, -0.15) is 0 Å². The molecular weight excluding hydrogens is 214 g/mol. The third kappa shape index (κ3) is 4.56. The second kappa shape index (κ2) is 5.86. The van der Waals surface area contributed by atoms with Gasteiger partial charge in [-0.25, -0.2) is 4.79 Å². The Morgan fingerprint density at radius 3 is 1.94 bits per heavy atom. The van der Waals surface area contributed by atoms with Crippen molar-refractivity contribution in [2.75, 3.05) is 21.1 Å². The molecule has 0 saturated heterocycles. The molecule has 0 atom stereocenters. The minimum atomic E-state index is -0.948. The Hall–Kier alpha value is -1.89. The molecule has 0 aromatic carbocycles. The van der Waals surface area contributed by atoms with Gasteiger partial charge in [0, 0.05) is 0 Å². The average molecular weight is 229 g/mol. The molecule has 16 heavy (non-hydrogen) atoms. The van der Waals surface area contributed by atoms with E-state index in [1.165, 1.54) is 4.90 Å². The highest BCUT2D eigenvalue weighted by Crippen LogP contribution is 1.99. The highest BCUT2D eigenvalue weighted by molar-refractivity contribution is 5.95. The van der Waals surface area contributed by atoms with Gasteiger partial charge in [0.15, 0.2) is 5.78 Å². The van der Waals surface area contributed by atoms with Gasteiger partial charge < -0.3 is 15.0 Å². The highest BCUT2D eigenvalue weighted by atomic mass is 16.3. The Morgan fingerprint density at radius 1 is 1.19 bits per heavy atom.